The van der Waals surface area contributed by atoms with Gasteiger partial charge in [-0.15, -0.1) is 0 Å². The Labute approximate surface area is 173 Å². The van der Waals surface area contributed by atoms with Gasteiger partial charge in [0.1, 0.15) is 0 Å². The number of aromatic nitrogens is 1. The van der Waals surface area contributed by atoms with Gasteiger partial charge in [0.25, 0.3) is 0 Å². The summed E-state index contributed by atoms with van der Waals surface area (Å²) in [7, 11) is 0. The number of carboxylic acids is 1. The van der Waals surface area contributed by atoms with Gasteiger partial charge in [-0.3, -0.25) is 19.4 Å². The van der Waals surface area contributed by atoms with Crippen LogP contribution in [0.3, 0.4) is 0 Å². The van der Waals surface area contributed by atoms with Crippen LogP contribution in [-0.4, -0.2) is 59.0 Å². The van der Waals surface area contributed by atoms with E-state index in [-0.39, 0.29) is 25.4 Å². The summed E-state index contributed by atoms with van der Waals surface area (Å²) in [6, 6.07) is 13.3. The molecule has 1 aliphatic rings. The molecular formula is C21H21N5O4. The van der Waals surface area contributed by atoms with E-state index in [0.717, 1.165) is 5.69 Å². The number of pyridine rings is 1. The lowest BCUT2D eigenvalue weighted by Gasteiger charge is -2.35. The molecule has 0 radical (unpaired) electrons. The van der Waals surface area contributed by atoms with E-state index in [1.807, 2.05) is 4.90 Å². The van der Waals surface area contributed by atoms with Crippen LogP contribution in [0.25, 0.3) is 0 Å². The van der Waals surface area contributed by atoms with Gasteiger partial charge in [-0.05, 0) is 36.4 Å². The van der Waals surface area contributed by atoms with Gasteiger partial charge < -0.3 is 20.2 Å². The van der Waals surface area contributed by atoms with Gasteiger partial charge in [-0.2, -0.15) is 5.26 Å². The average Bonchev–Trinajstić information content (AvgIpc) is 2.75. The average molecular weight is 407 g/mol. The first-order chi connectivity index (χ1) is 14.5. The summed E-state index contributed by atoms with van der Waals surface area (Å²) in [6.45, 7) is 0.879. The molecular weight excluding hydrogens is 386 g/mol. The molecule has 1 atom stereocenters. The minimum Gasteiger partial charge on any atom is -0.481 e. The van der Waals surface area contributed by atoms with Crippen molar-refractivity contribution < 1.29 is 19.5 Å². The third-order valence-corrected chi connectivity index (χ3v) is 4.77. The number of hydrogen-bond donors (Lipinski definition) is 2. The molecule has 2 aromatic rings. The summed E-state index contributed by atoms with van der Waals surface area (Å²) >= 11 is 0. The molecule has 2 amide bonds. The Bertz CT molecular complexity index is 956. The molecule has 30 heavy (non-hydrogen) atoms. The smallest absolute Gasteiger partial charge is 0.305 e. The number of nitrogens with zero attached hydrogens (tertiary/aromatic N) is 4. The zero-order chi connectivity index (χ0) is 21.5. The number of carbonyl (C=O) groups is 3. The van der Waals surface area contributed by atoms with E-state index in [0.29, 0.717) is 24.3 Å². The fourth-order valence-corrected chi connectivity index (χ4v) is 3.24. The largest absolute Gasteiger partial charge is 0.481 e. The van der Waals surface area contributed by atoms with Crippen LogP contribution in [-0.2, 0) is 14.4 Å². The van der Waals surface area contributed by atoms with Crippen LogP contribution in [0.4, 0.5) is 5.69 Å². The fraction of sp³-hybridized carbons (Fsp3) is 0.286. The highest BCUT2D eigenvalue weighted by Crippen LogP contribution is 2.18. The highest BCUT2D eigenvalue weighted by molar-refractivity contribution is 5.88. The highest BCUT2D eigenvalue weighted by Gasteiger charge is 2.27. The van der Waals surface area contributed by atoms with E-state index in [1.165, 1.54) is 11.1 Å². The van der Waals surface area contributed by atoms with Crippen molar-refractivity contribution in [1.29, 1.82) is 5.26 Å². The number of nitrogens with one attached hydrogen (secondary N) is 1. The number of piperazine rings is 1. The molecule has 1 aromatic carbocycles. The number of aliphatic carboxylic acids is 1. The van der Waals surface area contributed by atoms with E-state index in [9.17, 15) is 14.4 Å². The SMILES string of the molecule is N#Cc1ccc(N2CCN(CC(=O)NC(CC(=O)O)c3ccccn3)C(=O)C2)cc1. The van der Waals surface area contributed by atoms with E-state index in [1.54, 1.807) is 42.5 Å². The van der Waals surface area contributed by atoms with Crippen LogP contribution in [0.5, 0.6) is 0 Å². The standard InChI is InChI=1S/C21H21N5O4/c22-12-15-4-6-16(7-5-15)25-9-10-26(20(28)14-25)13-19(27)24-18(11-21(29)30)17-3-1-2-8-23-17/h1-8,18H,9-11,13-14H2,(H,24,27)(H,29,30). The summed E-state index contributed by atoms with van der Waals surface area (Å²) in [5.74, 6) is -1.70. The van der Waals surface area contributed by atoms with E-state index >= 15 is 0 Å². The fourth-order valence-electron chi connectivity index (χ4n) is 3.24. The Kier molecular flexibility index (Phi) is 6.60. The molecule has 9 nitrogen and oxygen atoms in total. The van der Waals surface area contributed by atoms with Gasteiger partial charge in [0.2, 0.25) is 11.8 Å². The third-order valence-electron chi connectivity index (χ3n) is 4.77. The summed E-state index contributed by atoms with van der Waals surface area (Å²) in [4.78, 5) is 43.6. The van der Waals surface area contributed by atoms with E-state index < -0.39 is 17.9 Å². The maximum absolute atomic E-state index is 12.5. The monoisotopic (exact) mass is 407 g/mol. The molecule has 0 saturated carbocycles. The van der Waals surface area contributed by atoms with Crippen LogP contribution in [0.15, 0.2) is 48.7 Å². The van der Waals surface area contributed by atoms with Crippen molar-refractivity contribution in [2.75, 3.05) is 31.1 Å². The van der Waals surface area contributed by atoms with Crippen LogP contribution in [0.2, 0.25) is 0 Å². The number of rotatable bonds is 7. The molecule has 1 unspecified atom stereocenters. The topological polar surface area (TPSA) is 127 Å². The molecule has 1 aliphatic heterocycles. The van der Waals surface area contributed by atoms with Gasteiger partial charge in [0, 0.05) is 25.0 Å². The van der Waals surface area contributed by atoms with Gasteiger partial charge in [0.05, 0.1) is 42.9 Å². The van der Waals surface area contributed by atoms with Crippen LogP contribution in [0.1, 0.15) is 23.7 Å². The number of nitriles is 1. The van der Waals surface area contributed by atoms with Gasteiger partial charge in [-0.25, -0.2) is 0 Å². The normalized spacial score (nSPS) is 14.7. The van der Waals surface area contributed by atoms with Gasteiger partial charge >= 0.3 is 5.97 Å². The van der Waals surface area contributed by atoms with Crippen molar-refractivity contribution in [3.8, 4) is 6.07 Å². The van der Waals surface area contributed by atoms with Crippen molar-refractivity contribution in [3.05, 3.63) is 59.9 Å². The Balaban J connectivity index is 1.58. The number of benzene rings is 1. The lowest BCUT2D eigenvalue weighted by Crippen LogP contribution is -2.53. The first-order valence-corrected chi connectivity index (χ1v) is 9.41. The lowest BCUT2D eigenvalue weighted by molar-refractivity contribution is -0.139. The summed E-state index contributed by atoms with van der Waals surface area (Å²) < 4.78 is 0. The number of anilines is 1. The number of carboxylic acid groups (broad SMARTS) is 1. The van der Waals surface area contributed by atoms with Crippen LogP contribution in [0, 0.1) is 11.3 Å². The summed E-state index contributed by atoms with van der Waals surface area (Å²) in [6.07, 6.45) is 1.23. The maximum atomic E-state index is 12.5. The Morgan fingerprint density at radius 2 is 1.97 bits per heavy atom. The van der Waals surface area contributed by atoms with Gasteiger partial charge in [-0.1, -0.05) is 6.07 Å². The Morgan fingerprint density at radius 1 is 1.20 bits per heavy atom. The first-order valence-electron chi connectivity index (χ1n) is 9.41. The van der Waals surface area contributed by atoms with E-state index in [2.05, 4.69) is 16.4 Å². The molecule has 1 fully saturated rings. The summed E-state index contributed by atoms with van der Waals surface area (Å²) in [5, 5.41) is 20.7. The minimum atomic E-state index is -1.06. The molecule has 1 saturated heterocycles. The van der Waals surface area contributed by atoms with Crippen molar-refractivity contribution in [3.63, 3.8) is 0 Å². The molecule has 0 spiro atoms. The molecule has 3 rings (SSSR count). The third kappa shape index (κ3) is 5.32. The van der Waals surface area contributed by atoms with Crippen LogP contribution < -0.4 is 10.2 Å². The molecule has 9 heteroatoms. The molecule has 2 N–H and O–H groups in total. The predicted octanol–water partition coefficient (Wildman–Crippen LogP) is 0.934. The van der Waals surface area contributed by atoms with Crippen molar-refractivity contribution in [1.82, 2.24) is 15.2 Å². The second-order valence-electron chi connectivity index (χ2n) is 6.87. The maximum Gasteiger partial charge on any atom is 0.305 e. The molecule has 154 valence electrons. The zero-order valence-corrected chi connectivity index (χ0v) is 16.2. The zero-order valence-electron chi connectivity index (χ0n) is 16.2. The number of hydrogen-bond acceptors (Lipinski definition) is 6. The molecule has 2 heterocycles. The minimum absolute atomic E-state index is 0.123. The van der Waals surface area contributed by atoms with Crippen LogP contribution >= 0.6 is 0 Å². The second kappa shape index (κ2) is 9.52. The predicted molar refractivity (Wildman–Crippen MR) is 107 cm³/mol. The quantitative estimate of drug-likeness (QED) is 0.699. The number of carbonyl (C=O) groups excluding carboxylic acids is 2. The molecule has 1 aromatic heterocycles. The first kappa shape index (κ1) is 20.8. The Morgan fingerprint density at radius 3 is 2.57 bits per heavy atom. The van der Waals surface area contributed by atoms with E-state index in [4.69, 9.17) is 10.4 Å². The van der Waals surface area contributed by atoms with Crippen molar-refractivity contribution in [2.24, 2.45) is 0 Å². The van der Waals surface area contributed by atoms with Crippen molar-refractivity contribution >= 4 is 23.5 Å². The summed E-state index contributed by atoms with van der Waals surface area (Å²) in [5.41, 5.74) is 1.83. The van der Waals surface area contributed by atoms with Gasteiger partial charge in [0.15, 0.2) is 0 Å². The number of amides is 2. The lowest BCUT2D eigenvalue weighted by atomic mass is 10.1. The molecule has 0 bridgehead atoms. The van der Waals surface area contributed by atoms with Crippen molar-refractivity contribution in [2.45, 2.75) is 12.5 Å². The highest BCUT2D eigenvalue weighted by atomic mass is 16.4. The Hall–Kier alpha value is -3.93. The second-order valence-corrected chi connectivity index (χ2v) is 6.87. The molecule has 0 aliphatic carbocycles.